The van der Waals surface area contributed by atoms with Gasteiger partial charge in [-0.1, -0.05) is 31.0 Å². The Morgan fingerprint density at radius 3 is 2.40 bits per heavy atom. The predicted octanol–water partition coefficient (Wildman–Crippen LogP) is 2.53. The number of anilines is 1. The zero-order valence-electron chi connectivity index (χ0n) is 14.6. The highest BCUT2D eigenvalue weighted by Gasteiger charge is 2.48. The number of carbonyl (C=O) groups is 3. The van der Waals surface area contributed by atoms with Crippen molar-refractivity contribution in [1.29, 1.82) is 0 Å². The Hall–Kier alpha value is -2.17. The van der Waals surface area contributed by atoms with E-state index in [4.69, 9.17) is 0 Å². The highest BCUT2D eigenvalue weighted by atomic mass is 16.2. The third-order valence-corrected chi connectivity index (χ3v) is 5.96. The molecule has 0 N–H and O–H groups in total. The molecule has 1 saturated carbocycles. The Balaban J connectivity index is 1.44. The molecule has 0 bridgehead atoms. The second-order valence-corrected chi connectivity index (χ2v) is 7.52. The first-order valence-corrected chi connectivity index (χ1v) is 9.33. The van der Waals surface area contributed by atoms with Crippen molar-refractivity contribution in [3.05, 3.63) is 29.8 Å². The second kappa shape index (κ2) is 6.28. The molecule has 0 aromatic heterocycles. The van der Waals surface area contributed by atoms with Gasteiger partial charge >= 0.3 is 0 Å². The number of hydrogen-bond donors (Lipinski definition) is 0. The fourth-order valence-electron chi connectivity index (χ4n) is 4.72. The number of likely N-dealkylation sites (tertiary alicyclic amines) is 1. The minimum Gasteiger partial charge on any atom is -0.309 e. The number of amides is 3. The summed E-state index contributed by atoms with van der Waals surface area (Å²) in [6.07, 6.45) is 4.74. The molecular weight excluding hydrogens is 316 g/mol. The van der Waals surface area contributed by atoms with Crippen LogP contribution in [0.15, 0.2) is 24.3 Å². The van der Waals surface area contributed by atoms with Crippen LogP contribution in [0.25, 0.3) is 0 Å². The molecule has 0 spiro atoms. The molecule has 0 radical (unpaired) electrons. The predicted molar refractivity (Wildman–Crippen MR) is 93.9 cm³/mol. The summed E-state index contributed by atoms with van der Waals surface area (Å²) in [4.78, 5) is 41.0. The Labute approximate surface area is 148 Å². The quantitative estimate of drug-likeness (QED) is 0.795. The van der Waals surface area contributed by atoms with Crippen molar-refractivity contribution < 1.29 is 14.4 Å². The van der Waals surface area contributed by atoms with Crippen LogP contribution in [0.1, 0.15) is 44.6 Å². The van der Waals surface area contributed by atoms with E-state index in [2.05, 4.69) is 6.07 Å². The maximum atomic E-state index is 12.8. The Bertz CT molecular complexity index is 705. The van der Waals surface area contributed by atoms with Gasteiger partial charge in [0.1, 0.15) is 0 Å². The summed E-state index contributed by atoms with van der Waals surface area (Å²) in [7, 11) is 0. The lowest BCUT2D eigenvalue weighted by Gasteiger charge is -2.24. The van der Waals surface area contributed by atoms with E-state index in [9.17, 15) is 14.4 Å². The van der Waals surface area contributed by atoms with Gasteiger partial charge in [-0.25, -0.2) is 0 Å². The number of nitrogens with zero attached hydrogens (tertiary/aromatic N) is 2. The normalized spacial score (nSPS) is 28.3. The van der Waals surface area contributed by atoms with Crippen LogP contribution in [0, 0.1) is 11.8 Å². The third kappa shape index (κ3) is 2.66. The van der Waals surface area contributed by atoms with E-state index in [1.165, 1.54) is 10.5 Å². The maximum absolute atomic E-state index is 12.8. The first-order chi connectivity index (χ1) is 12.1. The number of carbonyl (C=O) groups excluding carboxylic acids is 3. The van der Waals surface area contributed by atoms with Crippen LogP contribution in [0.3, 0.4) is 0 Å². The van der Waals surface area contributed by atoms with Crippen molar-refractivity contribution in [2.75, 3.05) is 11.4 Å². The largest absolute Gasteiger partial charge is 0.309 e. The number of rotatable bonds is 3. The molecule has 0 unspecified atom stereocenters. The lowest BCUT2D eigenvalue weighted by molar-refractivity contribution is -0.140. The van der Waals surface area contributed by atoms with Gasteiger partial charge in [0.2, 0.25) is 17.7 Å². The molecule has 4 rings (SSSR count). The first kappa shape index (κ1) is 16.3. The number of fused-ring (bicyclic) bond motifs is 2. The van der Waals surface area contributed by atoms with Crippen LogP contribution >= 0.6 is 0 Å². The number of hydrogen-bond acceptors (Lipinski definition) is 3. The summed E-state index contributed by atoms with van der Waals surface area (Å²) in [6, 6.07) is 8.07. The van der Waals surface area contributed by atoms with E-state index >= 15 is 0 Å². The molecule has 1 aromatic carbocycles. The zero-order chi connectivity index (χ0) is 17.6. The summed E-state index contributed by atoms with van der Waals surface area (Å²) in [6.45, 7) is 2.26. The van der Waals surface area contributed by atoms with Gasteiger partial charge in [0.15, 0.2) is 0 Å². The van der Waals surface area contributed by atoms with Crippen LogP contribution in [0.5, 0.6) is 0 Å². The molecule has 3 amide bonds. The average molecular weight is 340 g/mol. The highest BCUT2D eigenvalue weighted by molar-refractivity contribution is 6.05. The molecular formula is C20H24N2O3. The molecule has 25 heavy (non-hydrogen) atoms. The first-order valence-electron chi connectivity index (χ1n) is 9.33. The van der Waals surface area contributed by atoms with Crippen molar-refractivity contribution >= 4 is 23.4 Å². The van der Waals surface area contributed by atoms with Gasteiger partial charge < -0.3 is 4.90 Å². The van der Waals surface area contributed by atoms with Crippen LogP contribution < -0.4 is 4.90 Å². The number of imide groups is 1. The van der Waals surface area contributed by atoms with E-state index in [0.717, 1.165) is 37.8 Å². The van der Waals surface area contributed by atoms with Gasteiger partial charge in [0, 0.05) is 24.7 Å². The highest BCUT2D eigenvalue weighted by Crippen LogP contribution is 2.38. The molecule has 3 aliphatic rings. The van der Waals surface area contributed by atoms with Gasteiger partial charge in [-0.3, -0.25) is 19.3 Å². The summed E-state index contributed by atoms with van der Waals surface area (Å²) < 4.78 is 0. The third-order valence-electron chi connectivity index (χ3n) is 5.96. The monoisotopic (exact) mass is 340 g/mol. The molecule has 2 heterocycles. The van der Waals surface area contributed by atoms with Crippen LogP contribution in [-0.4, -0.2) is 35.2 Å². The van der Waals surface area contributed by atoms with E-state index in [1.807, 2.05) is 30.0 Å². The van der Waals surface area contributed by atoms with E-state index in [0.29, 0.717) is 0 Å². The Kier molecular flexibility index (Phi) is 4.10. The van der Waals surface area contributed by atoms with Crippen molar-refractivity contribution in [2.24, 2.45) is 11.8 Å². The lowest BCUT2D eigenvalue weighted by Crippen LogP contribution is -2.39. The van der Waals surface area contributed by atoms with Gasteiger partial charge in [-0.2, -0.15) is 0 Å². The zero-order valence-corrected chi connectivity index (χ0v) is 14.6. The van der Waals surface area contributed by atoms with Crippen molar-refractivity contribution in [3.63, 3.8) is 0 Å². The fourth-order valence-corrected chi connectivity index (χ4v) is 4.72. The van der Waals surface area contributed by atoms with Crippen LogP contribution in [0.4, 0.5) is 5.69 Å². The van der Waals surface area contributed by atoms with Gasteiger partial charge in [-0.05, 0) is 37.8 Å². The maximum Gasteiger partial charge on any atom is 0.233 e. The summed E-state index contributed by atoms with van der Waals surface area (Å²) in [5.74, 6) is -0.395. The molecule has 2 fully saturated rings. The summed E-state index contributed by atoms with van der Waals surface area (Å²) >= 11 is 0. The van der Waals surface area contributed by atoms with Crippen LogP contribution in [-0.2, 0) is 20.8 Å². The smallest absolute Gasteiger partial charge is 0.233 e. The SMILES string of the molecule is C[C@@H]1Cc2ccccc2N1C(=O)CCN1C(=O)[C@H]2CCCC[C@H]2C1=O. The van der Waals surface area contributed by atoms with Gasteiger partial charge in [0.05, 0.1) is 11.8 Å². The van der Waals surface area contributed by atoms with Crippen molar-refractivity contribution in [2.45, 2.75) is 51.5 Å². The molecule has 5 nitrogen and oxygen atoms in total. The minimum absolute atomic E-state index is 0.00655. The number of para-hydroxylation sites is 1. The van der Waals surface area contributed by atoms with Crippen LogP contribution in [0.2, 0.25) is 0 Å². The number of benzene rings is 1. The van der Waals surface area contributed by atoms with E-state index in [1.54, 1.807) is 0 Å². The molecule has 1 saturated heterocycles. The molecule has 132 valence electrons. The van der Waals surface area contributed by atoms with E-state index < -0.39 is 0 Å². The molecule has 3 atom stereocenters. The van der Waals surface area contributed by atoms with Gasteiger partial charge in [0.25, 0.3) is 0 Å². The summed E-state index contributed by atoms with van der Waals surface area (Å²) in [5.41, 5.74) is 2.15. The Morgan fingerprint density at radius 1 is 1.08 bits per heavy atom. The second-order valence-electron chi connectivity index (χ2n) is 7.52. The molecule has 1 aromatic rings. The fraction of sp³-hybridized carbons (Fsp3) is 0.550. The van der Waals surface area contributed by atoms with Gasteiger partial charge in [-0.15, -0.1) is 0 Å². The van der Waals surface area contributed by atoms with E-state index in [-0.39, 0.29) is 48.6 Å². The average Bonchev–Trinajstić information content (AvgIpc) is 3.08. The lowest BCUT2D eigenvalue weighted by atomic mass is 9.81. The Morgan fingerprint density at radius 2 is 1.72 bits per heavy atom. The standard InChI is InChI=1S/C20H24N2O3/c1-13-12-14-6-2-5-9-17(14)22(13)18(23)10-11-21-19(24)15-7-3-4-8-16(15)20(21)25/h2,5-6,9,13,15-16H,3-4,7-8,10-12H2,1H3/t13-,15-,16+/m1/s1. The minimum atomic E-state index is -0.136. The van der Waals surface area contributed by atoms with Crippen molar-refractivity contribution in [3.8, 4) is 0 Å². The summed E-state index contributed by atoms with van der Waals surface area (Å²) in [5, 5.41) is 0. The molecule has 2 aliphatic heterocycles. The molecule has 1 aliphatic carbocycles. The molecule has 5 heteroatoms. The van der Waals surface area contributed by atoms with Crippen molar-refractivity contribution in [1.82, 2.24) is 4.90 Å². The topological polar surface area (TPSA) is 57.7 Å².